The average Bonchev–Trinajstić information content (AvgIpc) is 2.97. The van der Waals surface area contributed by atoms with Gasteiger partial charge >= 0.3 is 5.69 Å². The van der Waals surface area contributed by atoms with Gasteiger partial charge in [0.2, 0.25) is 5.91 Å². The van der Waals surface area contributed by atoms with Crippen molar-refractivity contribution in [1.29, 1.82) is 0 Å². The van der Waals surface area contributed by atoms with Gasteiger partial charge in [-0.2, -0.15) is 4.98 Å². The van der Waals surface area contributed by atoms with E-state index in [1.807, 2.05) is 64.6 Å². The number of hydrogen-bond donors (Lipinski definition) is 0. The SMILES string of the molecule is C=CC(=O)N1CC(C)N(c2nc(=O)n(-c3c(C)cc(CN(C)C)nc3C(C)C)c3nc(-c4ccccc4F)c(Cl)cc23)CC1C. The summed E-state index contributed by atoms with van der Waals surface area (Å²) in [6, 6.07) is 9.61. The van der Waals surface area contributed by atoms with E-state index in [0.717, 1.165) is 17.0 Å². The lowest BCUT2D eigenvalue weighted by atomic mass is 10.0. The molecular formula is C34H39ClFN7O2. The zero-order valence-electron chi connectivity index (χ0n) is 26.8. The van der Waals surface area contributed by atoms with Crippen LogP contribution < -0.4 is 10.6 Å². The third-order valence-corrected chi connectivity index (χ3v) is 8.45. The molecule has 2 unspecified atom stereocenters. The lowest BCUT2D eigenvalue weighted by molar-refractivity contribution is -0.128. The summed E-state index contributed by atoms with van der Waals surface area (Å²) in [7, 11) is 3.96. The molecule has 9 nitrogen and oxygen atoms in total. The molecule has 0 N–H and O–H groups in total. The van der Waals surface area contributed by atoms with Gasteiger partial charge in [0, 0.05) is 37.3 Å². The van der Waals surface area contributed by atoms with Gasteiger partial charge in [-0.25, -0.2) is 18.7 Å². The Bertz CT molecular complexity index is 1860. The Morgan fingerprint density at radius 3 is 2.49 bits per heavy atom. The van der Waals surface area contributed by atoms with Crippen LogP contribution in [0.5, 0.6) is 0 Å². The Labute approximate surface area is 268 Å². The molecule has 0 spiro atoms. The van der Waals surface area contributed by atoms with Crippen LogP contribution in [0, 0.1) is 12.7 Å². The minimum atomic E-state index is -0.539. The van der Waals surface area contributed by atoms with Crippen LogP contribution >= 0.6 is 11.6 Å². The summed E-state index contributed by atoms with van der Waals surface area (Å²) in [5.74, 6) is -0.249. The lowest BCUT2D eigenvalue weighted by Crippen LogP contribution is -2.58. The topological polar surface area (TPSA) is 87.5 Å². The van der Waals surface area contributed by atoms with Crippen molar-refractivity contribution in [2.24, 2.45) is 0 Å². The molecule has 0 bridgehead atoms. The lowest BCUT2D eigenvalue weighted by Gasteiger charge is -2.44. The molecular weight excluding hydrogens is 593 g/mol. The molecule has 0 aliphatic carbocycles. The van der Waals surface area contributed by atoms with Gasteiger partial charge in [-0.15, -0.1) is 0 Å². The van der Waals surface area contributed by atoms with Crippen LogP contribution in [0.3, 0.4) is 0 Å². The van der Waals surface area contributed by atoms with Crippen molar-refractivity contribution in [1.82, 2.24) is 29.3 Å². The molecule has 2 atom stereocenters. The summed E-state index contributed by atoms with van der Waals surface area (Å²) in [4.78, 5) is 47.2. The van der Waals surface area contributed by atoms with Crippen LogP contribution in [0.2, 0.25) is 5.02 Å². The summed E-state index contributed by atoms with van der Waals surface area (Å²) in [5.41, 5.74) is 3.24. The highest BCUT2D eigenvalue weighted by Gasteiger charge is 2.34. The highest BCUT2D eigenvalue weighted by atomic mass is 35.5. The zero-order valence-corrected chi connectivity index (χ0v) is 27.6. The van der Waals surface area contributed by atoms with Crippen LogP contribution in [-0.2, 0) is 11.3 Å². The maximum atomic E-state index is 15.1. The molecule has 0 radical (unpaired) electrons. The fourth-order valence-corrected chi connectivity index (χ4v) is 6.33. The van der Waals surface area contributed by atoms with E-state index in [1.165, 1.54) is 16.7 Å². The van der Waals surface area contributed by atoms with Gasteiger partial charge in [-0.1, -0.05) is 44.2 Å². The van der Waals surface area contributed by atoms with E-state index in [0.29, 0.717) is 42.2 Å². The molecule has 3 aromatic heterocycles. The smallest absolute Gasteiger partial charge is 0.349 e. The van der Waals surface area contributed by atoms with E-state index in [2.05, 4.69) is 11.6 Å². The van der Waals surface area contributed by atoms with Crippen molar-refractivity contribution in [3.63, 3.8) is 0 Å². The van der Waals surface area contributed by atoms with E-state index in [4.69, 9.17) is 21.6 Å². The second-order valence-electron chi connectivity index (χ2n) is 12.3. The number of pyridine rings is 2. The normalized spacial score (nSPS) is 17.0. The summed E-state index contributed by atoms with van der Waals surface area (Å²) in [5, 5.41) is 0.760. The number of fused-ring (bicyclic) bond motifs is 1. The number of carbonyl (C=O) groups is 1. The predicted octanol–water partition coefficient (Wildman–Crippen LogP) is 5.74. The van der Waals surface area contributed by atoms with Crippen LogP contribution in [0.1, 0.15) is 50.6 Å². The largest absolute Gasteiger partial charge is 0.355 e. The van der Waals surface area contributed by atoms with Crippen molar-refractivity contribution in [2.75, 3.05) is 32.1 Å². The molecule has 1 aliphatic heterocycles. The van der Waals surface area contributed by atoms with Crippen LogP contribution in [0.15, 0.2) is 53.8 Å². The summed E-state index contributed by atoms with van der Waals surface area (Å²) in [6.07, 6.45) is 1.31. The number of anilines is 1. The molecule has 1 saturated heterocycles. The van der Waals surface area contributed by atoms with Crippen molar-refractivity contribution in [2.45, 2.75) is 59.2 Å². The van der Waals surface area contributed by atoms with E-state index in [-0.39, 0.29) is 40.2 Å². The summed E-state index contributed by atoms with van der Waals surface area (Å²) < 4.78 is 16.6. The standard InChI is InChI=1S/C34H39ClFN7O2/c1-9-28(44)41-16-22(6)42(17-21(41)5)32-25-15-26(35)30(24-12-10-11-13-27(24)36)38-33(25)43(34(45)39-32)31-20(4)14-23(18-40(7)8)37-29(31)19(2)3/h9-15,19,21-22H,1,16-18H2,2-8H3. The first-order valence-electron chi connectivity index (χ1n) is 15.1. The van der Waals surface area contributed by atoms with Crippen LogP contribution in [0.25, 0.3) is 28.0 Å². The van der Waals surface area contributed by atoms with Gasteiger partial charge < -0.3 is 14.7 Å². The van der Waals surface area contributed by atoms with Crippen molar-refractivity contribution < 1.29 is 9.18 Å². The highest BCUT2D eigenvalue weighted by molar-refractivity contribution is 6.33. The third kappa shape index (κ3) is 6.09. The Kier molecular flexibility index (Phi) is 9.09. The number of benzene rings is 1. The van der Waals surface area contributed by atoms with Crippen LogP contribution in [0.4, 0.5) is 10.2 Å². The Balaban J connectivity index is 1.83. The van der Waals surface area contributed by atoms with Gasteiger partial charge in [0.1, 0.15) is 11.6 Å². The number of rotatable bonds is 7. The molecule has 1 fully saturated rings. The van der Waals surface area contributed by atoms with E-state index in [1.54, 1.807) is 29.2 Å². The first-order valence-corrected chi connectivity index (χ1v) is 15.4. The molecule has 4 aromatic rings. The Hall–Kier alpha value is -4.15. The van der Waals surface area contributed by atoms with Gasteiger partial charge in [0.25, 0.3) is 0 Å². The molecule has 1 amide bonds. The molecule has 5 rings (SSSR count). The molecule has 45 heavy (non-hydrogen) atoms. The fourth-order valence-electron chi connectivity index (χ4n) is 6.07. The number of nitrogens with zero attached hydrogens (tertiary/aromatic N) is 7. The molecule has 4 heterocycles. The third-order valence-electron chi connectivity index (χ3n) is 8.16. The number of aryl methyl sites for hydroxylation is 1. The fraction of sp³-hybridized carbons (Fsp3) is 0.382. The average molecular weight is 632 g/mol. The van der Waals surface area contributed by atoms with Crippen LogP contribution in [-0.4, -0.2) is 74.5 Å². The Morgan fingerprint density at radius 2 is 1.84 bits per heavy atom. The first kappa shape index (κ1) is 32.2. The van der Waals surface area contributed by atoms with Gasteiger partial charge in [0.15, 0.2) is 5.65 Å². The van der Waals surface area contributed by atoms with E-state index in [9.17, 15) is 9.59 Å². The number of amides is 1. The molecule has 1 aliphatic rings. The summed E-state index contributed by atoms with van der Waals surface area (Å²) in [6.45, 7) is 15.0. The number of hydrogen-bond acceptors (Lipinski definition) is 7. The predicted molar refractivity (Wildman–Crippen MR) is 178 cm³/mol. The quantitative estimate of drug-likeness (QED) is 0.240. The molecule has 1 aromatic carbocycles. The first-order chi connectivity index (χ1) is 21.3. The maximum Gasteiger partial charge on any atom is 0.355 e. The summed E-state index contributed by atoms with van der Waals surface area (Å²) >= 11 is 6.85. The number of piperazine rings is 1. The minimum Gasteiger partial charge on any atom is -0.349 e. The highest BCUT2D eigenvalue weighted by Crippen LogP contribution is 2.36. The number of halogens is 2. The maximum absolute atomic E-state index is 15.1. The van der Waals surface area contributed by atoms with E-state index < -0.39 is 11.5 Å². The molecule has 236 valence electrons. The second-order valence-corrected chi connectivity index (χ2v) is 12.7. The Morgan fingerprint density at radius 1 is 1.13 bits per heavy atom. The van der Waals surface area contributed by atoms with Crippen molar-refractivity contribution in [3.8, 4) is 16.9 Å². The van der Waals surface area contributed by atoms with Gasteiger partial charge in [0.05, 0.1) is 33.2 Å². The molecule has 0 saturated carbocycles. The van der Waals surface area contributed by atoms with Crippen molar-refractivity contribution >= 4 is 34.4 Å². The van der Waals surface area contributed by atoms with Crippen molar-refractivity contribution in [3.05, 3.63) is 87.3 Å². The number of aromatic nitrogens is 4. The monoisotopic (exact) mass is 631 g/mol. The van der Waals surface area contributed by atoms with Gasteiger partial charge in [-0.3, -0.25) is 9.78 Å². The second kappa shape index (κ2) is 12.7. The number of carbonyl (C=O) groups excluding carboxylic acids is 1. The molecule has 11 heteroatoms. The van der Waals surface area contributed by atoms with Gasteiger partial charge in [-0.05, 0) is 76.7 Å². The minimum absolute atomic E-state index is 0.0304. The van der Waals surface area contributed by atoms with E-state index >= 15 is 4.39 Å². The zero-order chi connectivity index (χ0) is 32.7.